The smallest absolute Gasteiger partial charge is 0.138 e. The maximum Gasteiger partial charge on any atom is 0.138 e. The van der Waals surface area contributed by atoms with Crippen molar-refractivity contribution in [2.75, 3.05) is 0 Å². The quantitative estimate of drug-likeness (QED) is 0.508. The van der Waals surface area contributed by atoms with Crippen molar-refractivity contribution in [1.29, 1.82) is 5.26 Å². The molecular weight excluding hydrogens is 180 g/mol. The van der Waals surface area contributed by atoms with Gasteiger partial charge in [-0.05, 0) is 17.8 Å². The lowest BCUT2D eigenvalue weighted by atomic mass is 10.2. The number of fused-ring (bicyclic) bond motifs is 1. The van der Waals surface area contributed by atoms with Crippen molar-refractivity contribution in [3.63, 3.8) is 0 Å². The van der Waals surface area contributed by atoms with Gasteiger partial charge in [0.05, 0.1) is 0 Å². The summed E-state index contributed by atoms with van der Waals surface area (Å²) in [4.78, 5) is 1.03. The zero-order valence-electron chi connectivity index (χ0n) is 7.19. The molecule has 13 heavy (non-hydrogen) atoms. The Hall–Kier alpha value is -1.40. The van der Waals surface area contributed by atoms with Gasteiger partial charge in [-0.25, -0.2) is 0 Å². The molecule has 0 fully saturated rings. The molecule has 0 radical (unpaired) electrons. The van der Waals surface area contributed by atoms with Crippen molar-refractivity contribution in [3.05, 3.63) is 30.5 Å². The van der Waals surface area contributed by atoms with E-state index in [0.29, 0.717) is 0 Å². The van der Waals surface area contributed by atoms with Gasteiger partial charge in [0, 0.05) is 29.0 Å². The van der Waals surface area contributed by atoms with Crippen LogP contribution < -0.4 is 0 Å². The van der Waals surface area contributed by atoms with Crippen LogP contribution in [0, 0.1) is 10.7 Å². The van der Waals surface area contributed by atoms with Gasteiger partial charge in [-0.1, -0.05) is 18.2 Å². The normalized spacial score (nSPS) is 10.2. The van der Waals surface area contributed by atoms with E-state index >= 15 is 0 Å². The van der Waals surface area contributed by atoms with Gasteiger partial charge in [0.25, 0.3) is 0 Å². The zero-order chi connectivity index (χ0) is 9.26. The molecule has 0 amide bonds. The van der Waals surface area contributed by atoms with Crippen LogP contribution in [0.15, 0.2) is 35.4 Å². The minimum Gasteiger partial charge on any atom is -0.349 e. The average Bonchev–Trinajstić information content (AvgIpc) is 2.46. The van der Waals surface area contributed by atoms with E-state index in [1.165, 1.54) is 17.3 Å². The number of thiocyanates is 1. The van der Waals surface area contributed by atoms with Crippen LogP contribution in [0.25, 0.3) is 10.9 Å². The Balaban J connectivity index is 2.72. The number of thioether (sulfide) groups is 1. The van der Waals surface area contributed by atoms with Crippen molar-refractivity contribution < 1.29 is 0 Å². The summed E-state index contributed by atoms with van der Waals surface area (Å²) in [7, 11) is 1.99. The lowest BCUT2D eigenvalue weighted by Crippen LogP contribution is -1.81. The van der Waals surface area contributed by atoms with E-state index < -0.39 is 0 Å². The summed E-state index contributed by atoms with van der Waals surface area (Å²) in [5.74, 6) is 0. The van der Waals surface area contributed by atoms with E-state index in [9.17, 15) is 0 Å². The van der Waals surface area contributed by atoms with Gasteiger partial charge in [-0.15, -0.1) is 0 Å². The molecule has 0 aliphatic rings. The Kier molecular flexibility index (Phi) is 1.99. The topological polar surface area (TPSA) is 28.7 Å². The van der Waals surface area contributed by atoms with Crippen LogP contribution in [0.1, 0.15) is 0 Å². The largest absolute Gasteiger partial charge is 0.349 e. The number of benzene rings is 1. The number of aromatic nitrogens is 1. The third-order valence-corrected chi connectivity index (χ3v) is 2.65. The maximum absolute atomic E-state index is 8.59. The fourth-order valence-electron chi connectivity index (χ4n) is 1.44. The third kappa shape index (κ3) is 1.30. The van der Waals surface area contributed by atoms with Gasteiger partial charge < -0.3 is 4.57 Å². The van der Waals surface area contributed by atoms with E-state index in [4.69, 9.17) is 5.26 Å². The number of hydrogen-bond acceptors (Lipinski definition) is 2. The zero-order valence-corrected chi connectivity index (χ0v) is 8.01. The maximum atomic E-state index is 8.59. The Labute approximate surface area is 80.8 Å². The van der Waals surface area contributed by atoms with Crippen molar-refractivity contribution in [1.82, 2.24) is 4.57 Å². The number of para-hydroxylation sites is 1. The van der Waals surface area contributed by atoms with Crippen LogP contribution in [0.3, 0.4) is 0 Å². The van der Waals surface area contributed by atoms with Gasteiger partial charge in [0.2, 0.25) is 0 Å². The minimum atomic E-state index is 1.03. The van der Waals surface area contributed by atoms with E-state index in [2.05, 4.69) is 11.5 Å². The van der Waals surface area contributed by atoms with E-state index in [0.717, 1.165) is 10.3 Å². The number of aryl methyl sites for hydroxylation is 1. The van der Waals surface area contributed by atoms with Crippen LogP contribution in [0.5, 0.6) is 0 Å². The van der Waals surface area contributed by atoms with Gasteiger partial charge in [-0.3, -0.25) is 0 Å². The molecule has 0 N–H and O–H groups in total. The van der Waals surface area contributed by atoms with Gasteiger partial charge in [0.1, 0.15) is 5.40 Å². The second-order valence-corrected chi connectivity index (χ2v) is 3.64. The van der Waals surface area contributed by atoms with Crippen molar-refractivity contribution in [2.24, 2.45) is 7.05 Å². The number of rotatable bonds is 1. The predicted octanol–water partition coefficient (Wildman–Crippen LogP) is 2.75. The van der Waals surface area contributed by atoms with Crippen LogP contribution in [-0.2, 0) is 7.05 Å². The summed E-state index contributed by atoms with van der Waals surface area (Å²) in [6.45, 7) is 0. The molecule has 1 heterocycles. The van der Waals surface area contributed by atoms with Gasteiger partial charge in [0.15, 0.2) is 0 Å². The Bertz CT molecular complexity index is 479. The highest BCUT2D eigenvalue weighted by Gasteiger charge is 2.04. The second-order valence-electron chi connectivity index (χ2n) is 2.81. The second kappa shape index (κ2) is 3.15. The van der Waals surface area contributed by atoms with E-state index in [1.807, 2.05) is 36.0 Å². The first-order valence-corrected chi connectivity index (χ1v) is 4.74. The standard InChI is InChI=1S/C10H8N2S/c1-12-6-10(13-7-11)8-4-2-3-5-9(8)12/h2-6H,1H3. The number of hydrogen-bond donors (Lipinski definition) is 0. The SMILES string of the molecule is Cn1cc(SC#N)c2ccccc21. The molecule has 0 aliphatic carbocycles. The summed E-state index contributed by atoms with van der Waals surface area (Å²) in [5, 5.41) is 11.8. The molecule has 0 saturated carbocycles. The molecule has 1 aromatic carbocycles. The molecule has 1 aromatic heterocycles. The average molecular weight is 188 g/mol. The number of nitriles is 1. The third-order valence-electron chi connectivity index (χ3n) is 2.02. The first-order valence-electron chi connectivity index (χ1n) is 3.93. The van der Waals surface area contributed by atoms with Crippen LogP contribution in [0.4, 0.5) is 0 Å². The molecule has 0 aliphatic heterocycles. The Morgan fingerprint density at radius 3 is 2.92 bits per heavy atom. The van der Waals surface area contributed by atoms with Crippen molar-refractivity contribution in [2.45, 2.75) is 4.90 Å². The molecule has 2 aromatic rings. The summed E-state index contributed by atoms with van der Waals surface area (Å²) < 4.78 is 2.04. The summed E-state index contributed by atoms with van der Waals surface area (Å²) in [6.07, 6.45) is 1.98. The van der Waals surface area contributed by atoms with E-state index in [1.54, 1.807) is 0 Å². The minimum absolute atomic E-state index is 1.03. The van der Waals surface area contributed by atoms with Gasteiger partial charge >= 0.3 is 0 Å². The Morgan fingerprint density at radius 2 is 2.15 bits per heavy atom. The fourth-order valence-corrected chi connectivity index (χ4v) is 2.03. The molecule has 0 atom stereocenters. The predicted molar refractivity (Wildman–Crippen MR) is 54.4 cm³/mol. The molecule has 3 heteroatoms. The van der Waals surface area contributed by atoms with E-state index in [-0.39, 0.29) is 0 Å². The summed E-state index contributed by atoms with van der Waals surface area (Å²) in [5.41, 5.74) is 1.17. The van der Waals surface area contributed by atoms with Crippen molar-refractivity contribution >= 4 is 22.7 Å². The van der Waals surface area contributed by atoms with Crippen LogP contribution in [0.2, 0.25) is 0 Å². The molecular formula is C10H8N2S. The monoisotopic (exact) mass is 188 g/mol. The lowest BCUT2D eigenvalue weighted by Gasteiger charge is -1.92. The molecule has 2 rings (SSSR count). The Morgan fingerprint density at radius 1 is 1.38 bits per heavy atom. The van der Waals surface area contributed by atoms with Gasteiger partial charge in [-0.2, -0.15) is 5.26 Å². The lowest BCUT2D eigenvalue weighted by molar-refractivity contribution is 0.958. The summed E-state index contributed by atoms with van der Waals surface area (Å²) >= 11 is 1.21. The highest BCUT2D eigenvalue weighted by Crippen LogP contribution is 2.28. The highest BCUT2D eigenvalue weighted by molar-refractivity contribution is 8.04. The first-order chi connectivity index (χ1) is 6.33. The molecule has 0 bridgehead atoms. The molecule has 0 saturated heterocycles. The number of nitrogens with zero attached hydrogens (tertiary/aromatic N) is 2. The highest BCUT2D eigenvalue weighted by atomic mass is 32.2. The molecule has 2 nitrogen and oxygen atoms in total. The van der Waals surface area contributed by atoms with Crippen LogP contribution >= 0.6 is 11.8 Å². The molecule has 0 spiro atoms. The fraction of sp³-hybridized carbons (Fsp3) is 0.100. The molecule has 0 unspecified atom stereocenters. The van der Waals surface area contributed by atoms with Crippen LogP contribution in [-0.4, -0.2) is 4.57 Å². The molecule has 64 valence electrons. The van der Waals surface area contributed by atoms with Crippen molar-refractivity contribution in [3.8, 4) is 5.40 Å². The first kappa shape index (κ1) is 8.21. The summed E-state index contributed by atoms with van der Waals surface area (Å²) in [6, 6.07) is 8.08.